The fourth-order valence-corrected chi connectivity index (χ4v) is 0.700. The summed E-state index contributed by atoms with van der Waals surface area (Å²) in [4.78, 5) is 12.9. The summed E-state index contributed by atoms with van der Waals surface area (Å²) in [5.74, 6) is -0.297. The summed E-state index contributed by atoms with van der Waals surface area (Å²) in [6.45, 7) is 5.05. The summed E-state index contributed by atoms with van der Waals surface area (Å²) in [6, 6.07) is 0. The van der Waals surface area contributed by atoms with Gasteiger partial charge >= 0.3 is 5.97 Å². The van der Waals surface area contributed by atoms with Crippen molar-refractivity contribution in [1.29, 1.82) is 0 Å². The molecule has 0 aromatic rings. The van der Waals surface area contributed by atoms with Crippen LogP contribution < -0.4 is 0 Å². The molecule has 0 atom stereocenters. The van der Waals surface area contributed by atoms with Crippen LogP contribution >= 0.6 is 0 Å². The van der Waals surface area contributed by atoms with Gasteiger partial charge in [-0.05, 0) is 27.9 Å². The van der Waals surface area contributed by atoms with E-state index in [0.29, 0.717) is 6.61 Å². The summed E-state index contributed by atoms with van der Waals surface area (Å²) >= 11 is 0. The minimum absolute atomic E-state index is 0.0476. The van der Waals surface area contributed by atoms with Crippen molar-refractivity contribution < 1.29 is 14.3 Å². The van der Waals surface area contributed by atoms with E-state index in [-0.39, 0.29) is 18.7 Å². The Labute approximate surface area is 79.8 Å². The maximum atomic E-state index is 10.9. The molecule has 0 fully saturated rings. The molecule has 0 unspecified atom stereocenters. The van der Waals surface area contributed by atoms with Crippen molar-refractivity contribution in [1.82, 2.24) is 4.90 Å². The van der Waals surface area contributed by atoms with Gasteiger partial charge in [-0.15, -0.1) is 0 Å². The molecule has 0 amide bonds. The molecule has 0 aliphatic rings. The Balaban J connectivity index is 3.27. The van der Waals surface area contributed by atoms with E-state index in [1.807, 2.05) is 32.8 Å². The molecule has 0 radical (unpaired) electrons. The van der Waals surface area contributed by atoms with Crippen LogP contribution in [0.5, 0.6) is 0 Å². The predicted octanol–water partition coefficient (Wildman–Crippen LogP) is 0.516. The lowest BCUT2D eigenvalue weighted by Gasteiger charge is -2.10. The summed E-state index contributed by atoms with van der Waals surface area (Å²) in [6.07, 6.45) is -0.0649. The molecular formula is C9H19NO3. The average molecular weight is 189 g/mol. The van der Waals surface area contributed by atoms with Crippen LogP contribution in [0.2, 0.25) is 0 Å². The van der Waals surface area contributed by atoms with Crippen LogP contribution in [0.3, 0.4) is 0 Å². The van der Waals surface area contributed by atoms with E-state index >= 15 is 0 Å². The van der Waals surface area contributed by atoms with E-state index in [0.717, 1.165) is 6.54 Å². The smallest absolute Gasteiger partial charge is 0.332 e. The number of nitrogens with zero attached hydrogens (tertiary/aromatic N) is 1. The number of esters is 1. The molecule has 0 aliphatic carbocycles. The summed E-state index contributed by atoms with van der Waals surface area (Å²) in [5, 5.41) is 0. The maximum Gasteiger partial charge on any atom is 0.332 e. The van der Waals surface area contributed by atoms with Crippen molar-refractivity contribution in [3.8, 4) is 0 Å². The zero-order chi connectivity index (χ0) is 10.3. The molecule has 4 nitrogen and oxygen atoms in total. The second kappa shape index (κ2) is 6.86. The monoisotopic (exact) mass is 189 g/mol. The highest BCUT2D eigenvalue weighted by Crippen LogP contribution is 1.89. The Morgan fingerprint density at radius 2 is 2.00 bits per heavy atom. The molecule has 4 heteroatoms. The van der Waals surface area contributed by atoms with Gasteiger partial charge in [-0.1, -0.05) is 0 Å². The fourth-order valence-electron chi connectivity index (χ4n) is 0.700. The Morgan fingerprint density at radius 1 is 1.38 bits per heavy atom. The van der Waals surface area contributed by atoms with Gasteiger partial charge in [0.2, 0.25) is 0 Å². The number of carbonyl (C=O) groups excluding carboxylic acids is 1. The lowest BCUT2D eigenvalue weighted by Crippen LogP contribution is -2.22. The van der Waals surface area contributed by atoms with Crippen molar-refractivity contribution in [3.63, 3.8) is 0 Å². The SMILES string of the molecule is CC(C)OC(=O)COCCN(C)C. The Hall–Kier alpha value is -0.610. The van der Waals surface area contributed by atoms with Crippen molar-refractivity contribution in [2.75, 3.05) is 33.9 Å². The number of hydrogen-bond acceptors (Lipinski definition) is 4. The maximum absolute atomic E-state index is 10.9. The lowest BCUT2D eigenvalue weighted by molar-refractivity contribution is -0.152. The highest BCUT2D eigenvalue weighted by Gasteiger charge is 2.04. The highest BCUT2D eigenvalue weighted by molar-refractivity contribution is 5.70. The van der Waals surface area contributed by atoms with Crippen LogP contribution in [0.1, 0.15) is 13.8 Å². The number of ether oxygens (including phenoxy) is 2. The van der Waals surface area contributed by atoms with Crippen molar-refractivity contribution in [2.24, 2.45) is 0 Å². The van der Waals surface area contributed by atoms with Gasteiger partial charge < -0.3 is 14.4 Å². The third kappa shape index (κ3) is 9.30. The van der Waals surface area contributed by atoms with E-state index in [1.54, 1.807) is 0 Å². The van der Waals surface area contributed by atoms with Gasteiger partial charge in [0.1, 0.15) is 6.61 Å². The van der Waals surface area contributed by atoms with Crippen LogP contribution in [0.15, 0.2) is 0 Å². The van der Waals surface area contributed by atoms with Crippen molar-refractivity contribution in [3.05, 3.63) is 0 Å². The van der Waals surface area contributed by atoms with E-state index in [2.05, 4.69) is 0 Å². The molecule has 0 spiro atoms. The largest absolute Gasteiger partial charge is 0.461 e. The van der Waals surface area contributed by atoms with Crippen LogP contribution in [0, 0.1) is 0 Å². The number of hydrogen-bond donors (Lipinski definition) is 0. The van der Waals surface area contributed by atoms with Crippen LogP contribution in [0.4, 0.5) is 0 Å². The number of likely N-dealkylation sites (N-methyl/N-ethyl adjacent to an activating group) is 1. The van der Waals surface area contributed by atoms with Crippen LogP contribution in [-0.4, -0.2) is 50.8 Å². The third-order valence-electron chi connectivity index (χ3n) is 1.27. The van der Waals surface area contributed by atoms with E-state index in [1.165, 1.54) is 0 Å². The van der Waals surface area contributed by atoms with Gasteiger partial charge in [0.05, 0.1) is 12.7 Å². The van der Waals surface area contributed by atoms with Gasteiger partial charge in [0.25, 0.3) is 0 Å². The zero-order valence-electron chi connectivity index (χ0n) is 8.87. The Kier molecular flexibility index (Phi) is 6.54. The predicted molar refractivity (Wildman–Crippen MR) is 50.6 cm³/mol. The Bertz CT molecular complexity index is 146. The molecule has 0 saturated carbocycles. The zero-order valence-corrected chi connectivity index (χ0v) is 8.87. The first kappa shape index (κ1) is 12.4. The van der Waals surface area contributed by atoms with Gasteiger partial charge in [0.15, 0.2) is 0 Å². The number of carbonyl (C=O) groups is 1. The average Bonchev–Trinajstić information content (AvgIpc) is 1.96. The third-order valence-corrected chi connectivity index (χ3v) is 1.27. The second-order valence-electron chi connectivity index (χ2n) is 3.39. The molecule has 0 aliphatic heterocycles. The first-order valence-electron chi connectivity index (χ1n) is 4.44. The van der Waals surface area contributed by atoms with Crippen molar-refractivity contribution >= 4 is 5.97 Å². The second-order valence-corrected chi connectivity index (χ2v) is 3.39. The van der Waals surface area contributed by atoms with E-state index in [9.17, 15) is 4.79 Å². The summed E-state index contributed by atoms with van der Waals surface area (Å²) in [5.41, 5.74) is 0. The van der Waals surface area contributed by atoms with Crippen LogP contribution in [0.25, 0.3) is 0 Å². The summed E-state index contributed by atoms with van der Waals surface area (Å²) in [7, 11) is 3.91. The quantitative estimate of drug-likeness (QED) is 0.451. The lowest BCUT2D eigenvalue weighted by atomic mass is 10.5. The van der Waals surface area contributed by atoms with E-state index < -0.39 is 0 Å². The first-order valence-corrected chi connectivity index (χ1v) is 4.44. The molecular weight excluding hydrogens is 170 g/mol. The molecule has 0 heterocycles. The molecule has 0 bridgehead atoms. The Morgan fingerprint density at radius 3 is 2.46 bits per heavy atom. The molecule has 0 aromatic heterocycles. The molecule has 0 aromatic carbocycles. The van der Waals surface area contributed by atoms with Gasteiger partial charge in [-0.3, -0.25) is 0 Å². The van der Waals surface area contributed by atoms with Gasteiger partial charge in [-0.25, -0.2) is 4.79 Å². The molecule has 0 rings (SSSR count). The summed E-state index contributed by atoms with van der Waals surface area (Å²) < 4.78 is 9.97. The highest BCUT2D eigenvalue weighted by atomic mass is 16.6. The molecule has 0 N–H and O–H groups in total. The molecule has 0 saturated heterocycles. The molecule has 13 heavy (non-hydrogen) atoms. The fraction of sp³-hybridized carbons (Fsp3) is 0.889. The first-order chi connectivity index (χ1) is 6.02. The van der Waals surface area contributed by atoms with Gasteiger partial charge in [-0.2, -0.15) is 0 Å². The van der Waals surface area contributed by atoms with Gasteiger partial charge in [0, 0.05) is 6.54 Å². The molecule has 78 valence electrons. The normalized spacial score (nSPS) is 10.9. The number of rotatable bonds is 6. The minimum atomic E-state index is -0.297. The topological polar surface area (TPSA) is 38.8 Å². The van der Waals surface area contributed by atoms with Crippen molar-refractivity contribution in [2.45, 2.75) is 20.0 Å². The standard InChI is InChI=1S/C9H19NO3/c1-8(2)13-9(11)7-12-6-5-10(3)4/h8H,5-7H2,1-4H3. The minimum Gasteiger partial charge on any atom is -0.461 e. The van der Waals surface area contributed by atoms with Crippen LogP contribution in [-0.2, 0) is 14.3 Å². The van der Waals surface area contributed by atoms with E-state index in [4.69, 9.17) is 9.47 Å².